The molecular formula is C15H25NOS. The molecule has 1 aromatic rings. The van der Waals surface area contributed by atoms with Crippen LogP contribution in [0.15, 0.2) is 17.0 Å². The van der Waals surface area contributed by atoms with Crippen LogP contribution < -0.4 is 10.1 Å². The molecule has 0 aromatic heterocycles. The van der Waals surface area contributed by atoms with Crippen LogP contribution in [-0.2, 0) is 0 Å². The van der Waals surface area contributed by atoms with Crippen LogP contribution in [0.3, 0.4) is 0 Å². The molecule has 1 N–H and O–H groups in total. The summed E-state index contributed by atoms with van der Waals surface area (Å²) in [5, 5.41) is 3.83. The Kier molecular flexibility index (Phi) is 6.03. The van der Waals surface area contributed by atoms with Crippen molar-refractivity contribution in [1.82, 2.24) is 5.32 Å². The topological polar surface area (TPSA) is 21.3 Å². The summed E-state index contributed by atoms with van der Waals surface area (Å²) >= 11 is 1.91. The summed E-state index contributed by atoms with van der Waals surface area (Å²) in [5.41, 5.74) is 2.61. The molecule has 2 nitrogen and oxygen atoms in total. The van der Waals surface area contributed by atoms with Crippen LogP contribution in [0.1, 0.15) is 25.0 Å². The molecule has 0 aliphatic rings. The lowest BCUT2D eigenvalue weighted by Crippen LogP contribution is -2.25. The Morgan fingerprint density at radius 2 is 1.83 bits per heavy atom. The highest BCUT2D eigenvalue weighted by Gasteiger charge is 2.17. The van der Waals surface area contributed by atoms with Crippen LogP contribution in [0.5, 0.6) is 5.75 Å². The zero-order chi connectivity index (χ0) is 13.7. The van der Waals surface area contributed by atoms with Gasteiger partial charge in [-0.25, -0.2) is 0 Å². The van der Waals surface area contributed by atoms with E-state index in [-0.39, 0.29) is 0 Å². The van der Waals surface area contributed by atoms with Gasteiger partial charge in [0.2, 0.25) is 0 Å². The van der Waals surface area contributed by atoms with Crippen LogP contribution in [0, 0.1) is 19.8 Å². The number of benzene rings is 1. The molecule has 3 heteroatoms. The maximum absolute atomic E-state index is 5.50. The van der Waals surface area contributed by atoms with Crippen LogP contribution >= 0.6 is 11.8 Å². The fourth-order valence-corrected chi connectivity index (χ4v) is 3.14. The maximum atomic E-state index is 5.50. The minimum absolute atomic E-state index is 0.561. The van der Waals surface area contributed by atoms with E-state index < -0.39 is 0 Å². The minimum atomic E-state index is 0.561. The van der Waals surface area contributed by atoms with Crippen molar-refractivity contribution in [2.45, 2.75) is 37.8 Å². The maximum Gasteiger partial charge on any atom is 0.132 e. The van der Waals surface area contributed by atoms with Crippen LogP contribution in [0.25, 0.3) is 0 Å². The summed E-state index contributed by atoms with van der Waals surface area (Å²) in [6, 6.07) is 4.37. The van der Waals surface area contributed by atoms with Crippen molar-refractivity contribution < 1.29 is 4.74 Å². The van der Waals surface area contributed by atoms with E-state index in [0.717, 1.165) is 12.3 Å². The summed E-state index contributed by atoms with van der Waals surface area (Å²) in [4.78, 5) is 1.24. The van der Waals surface area contributed by atoms with Crippen molar-refractivity contribution >= 4 is 11.8 Å². The Labute approximate surface area is 116 Å². The van der Waals surface area contributed by atoms with E-state index >= 15 is 0 Å². The molecule has 0 saturated heterocycles. The number of thioether (sulfide) groups is 1. The second-order valence-electron chi connectivity index (χ2n) is 5.05. The van der Waals surface area contributed by atoms with Gasteiger partial charge in [-0.3, -0.25) is 0 Å². The molecule has 0 radical (unpaired) electrons. The van der Waals surface area contributed by atoms with Crippen LogP contribution in [0.2, 0.25) is 0 Å². The van der Waals surface area contributed by atoms with Gasteiger partial charge in [-0.1, -0.05) is 13.8 Å². The lowest BCUT2D eigenvalue weighted by atomic mass is 10.1. The summed E-state index contributed by atoms with van der Waals surface area (Å²) in [5.74, 6) is 1.62. The minimum Gasteiger partial charge on any atom is -0.496 e. The van der Waals surface area contributed by atoms with Crippen molar-refractivity contribution in [1.29, 1.82) is 0 Å². The first-order chi connectivity index (χ1) is 8.49. The van der Waals surface area contributed by atoms with E-state index in [1.54, 1.807) is 7.11 Å². The molecule has 0 aliphatic carbocycles. The number of rotatable bonds is 6. The molecule has 1 rings (SSSR count). The molecule has 102 valence electrons. The molecule has 18 heavy (non-hydrogen) atoms. The second-order valence-corrected chi connectivity index (χ2v) is 6.33. The fourth-order valence-electron chi connectivity index (χ4n) is 1.79. The van der Waals surface area contributed by atoms with Gasteiger partial charge in [0.25, 0.3) is 0 Å². The van der Waals surface area contributed by atoms with Gasteiger partial charge in [0.1, 0.15) is 5.75 Å². The molecule has 0 aliphatic heterocycles. The third-order valence-electron chi connectivity index (χ3n) is 3.21. The number of methoxy groups -OCH3 is 1. The predicted molar refractivity (Wildman–Crippen MR) is 80.9 cm³/mol. The van der Waals surface area contributed by atoms with Crippen molar-refractivity contribution in [3.8, 4) is 5.75 Å². The van der Waals surface area contributed by atoms with E-state index in [1.807, 2.05) is 18.8 Å². The summed E-state index contributed by atoms with van der Waals surface area (Å²) in [6.45, 7) is 9.82. The van der Waals surface area contributed by atoms with Gasteiger partial charge in [-0.05, 0) is 50.1 Å². The average molecular weight is 267 g/mol. The number of ether oxygens (including phenoxy) is 1. The lowest BCUT2D eigenvalue weighted by Gasteiger charge is -2.21. The number of hydrogen-bond acceptors (Lipinski definition) is 3. The molecule has 0 saturated carbocycles. The van der Waals surface area contributed by atoms with Crippen molar-refractivity contribution in [3.63, 3.8) is 0 Å². The molecule has 0 fully saturated rings. The standard InChI is InChI=1S/C15H25NOS/c1-10(2)15(9-16-5)18-14-8-12(4)11(3)7-13(14)17-6/h7-8,10,15-16H,9H2,1-6H3. The average Bonchev–Trinajstić information content (AvgIpc) is 2.32. The largest absolute Gasteiger partial charge is 0.496 e. The monoisotopic (exact) mass is 267 g/mol. The highest BCUT2D eigenvalue weighted by molar-refractivity contribution is 8.00. The molecule has 1 aromatic carbocycles. The van der Waals surface area contributed by atoms with Gasteiger partial charge >= 0.3 is 0 Å². The predicted octanol–water partition coefficient (Wildman–Crippen LogP) is 3.65. The quantitative estimate of drug-likeness (QED) is 0.795. The zero-order valence-corrected chi connectivity index (χ0v) is 13.1. The summed E-state index contributed by atoms with van der Waals surface area (Å²) < 4.78 is 5.50. The summed E-state index contributed by atoms with van der Waals surface area (Å²) in [6.07, 6.45) is 0. The highest BCUT2D eigenvalue weighted by atomic mass is 32.2. The first-order valence-electron chi connectivity index (χ1n) is 6.46. The van der Waals surface area contributed by atoms with Crippen molar-refractivity contribution in [2.75, 3.05) is 20.7 Å². The first kappa shape index (κ1) is 15.4. The van der Waals surface area contributed by atoms with Crippen molar-refractivity contribution in [3.05, 3.63) is 23.3 Å². The Bertz CT molecular complexity index is 390. The van der Waals surface area contributed by atoms with Gasteiger partial charge in [0.05, 0.1) is 7.11 Å². The molecule has 0 bridgehead atoms. The third-order valence-corrected chi connectivity index (χ3v) is 4.79. The van der Waals surface area contributed by atoms with Crippen molar-refractivity contribution in [2.24, 2.45) is 5.92 Å². The molecule has 1 atom stereocenters. The lowest BCUT2D eigenvalue weighted by molar-refractivity contribution is 0.404. The van der Waals surface area contributed by atoms with Crippen LogP contribution in [0.4, 0.5) is 0 Å². The van der Waals surface area contributed by atoms with E-state index in [0.29, 0.717) is 11.2 Å². The Balaban J connectivity index is 2.97. The molecule has 0 spiro atoms. The summed E-state index contributed by atoms with van der Waals surface area (Å²) in [7, 11) is 3.75. The van der Waals surface area contributed by atoms with Gasteiger partial charge < -0.3 is 10.1 Å². The molecule has 1 unspecified atom stereocenters. The Hall–Kier alpha value is -0.670. The number of nitrogens with one attached hydrogen (secondary N) is 1. The van der Waals surface area contributed by atoms with E-state index in [9.17, 15) is 0 Å². The van der Waals surface area contributed by atoms with Gasteiger partial charge in [0.15, 0.2) is 0 Å². The molecule has 0 heterocycles. The zero-order valence-electron chi connectivity index (χ0n) is 12.3. The highest BCUT2D eigenvalue weighted by Crippen LogP contribution is 2.36. The molecular weight excluding hydrogens is 242 g/mol. The van der Waals surface area contributed by atoms with E-state index in [4.69, 9.17) is 4.74 Å². The third kappa shape index (κ3) is 3.92. The van der Waals surface area contributed by atoms with Crippen LogP contribution in [-0.4, -0.2) is 26.0 Å². The smallest absolute Gasteiger partial charge is 0.132 e. The fraction of sp³-hybridized carbons (Fsp3) is 0.600. The number of hydrogen-bond donors (Lipinski definition) is 1. The van der Waals surface area contributed by atoms with E-state index in [1.165, 1.54) is 16.0 Å². The van der Waals surface area contributed by atoms with E-state index in [2.05, 4.69) is 45.1 Å². The second kappa shape index (κ2) is 7.05. The normalized spacial score (nSPS) is 12.8. The SMILES string of the molecule is CNCC(Sc1cc(C)c(C)cc1OC)C(C)C. The Morgan fingerprint density at radius 3 is 2.33 bits per heavy atom. The van der Waals surface area contributed by atoms with Gasteiger partial charge in [-0.2, -0.15) is 0 Å². The van der Waals surface area contributed by atoms with Gasteiger partial charge in [0, 0.05) is 16.7 Å². The first-order valence-corrected chi connectivity index (χ1v) is 7.34. The number of aryl methyl sites for hydroxylation is 2. The Morgan fingerprint density at radius 1 is 1.22 bits per heavy atom. The molecule has 0 amide bonds. The van der Waals surface area contributed by atoms with Gasteiger partial charge in [-0.15, -0.1) is 11.8 Å².